The van der Waals surface area contributed by atoms with Crippen molar-refractivity contribution in [3.63, 3.8) is 0 Å². The van der Waals surface area contributed by atoms with Crippen LogP contribution in [0.2, 0.25) is 0 Å². The van der Waals surface area contributed by atoms with E-state index in [2.05, 4.69) is 13.2 Å². The summed E-state index contributed by atoms with van der Waals surface area (Å²) < 4.78 is 0. The van der Waals surface area contributed by atoms with Gasteiger partial charge in [0.15, 0.2) is 0 Å². The molecule has 0 fully saturated rings. The summed E-state index contributed by atoms with van der Waals surface area (Å²) in [5, 5.41) is 0. The van der Waals surface area contributed by atoms with Crippen LogP contribution in [0.5, 0.6) is 0 Å². The molecule has 0 saturated heterocycles. The Bertz CT molecular complexity index is 13.7. The fourth-order valence-corrected chi connectivity index (χ4v) is 0. The average Bonchev–Trinajstić information content (AvgIpc) is 1.00. The summed E-state index contributed by atoms with van der Waals surface area (Å²) in [7, 11) is 0. The Morgan fingerprint density at radius 1 is 1.00 bits per heavy atom. The van der Waals surface area contributed by atoms with Gasteiger partial charge in [-0.05, 0) is 0 Å². The van der Waals surface area contributed by atoms with Gasteiger partial charge in [-0.2, -0.15) is 0 Å². The first-order valence-electron chi connectivity index (χ1n) is 0.500. The minimum atomic E-state index is 0. The van der Waals surface area contributed by atoms with Crippen LogP contribution < -0.4 is 12.3 Å². The largest absolute Gasteiger partial charge is 2.00 e. The van der Waals surface area contributed by atoms with E-state index in [1.54, 1.807) is 0 Å². The fourth-order valence-electron chi connectivity index (χ4n) is 0. The smallest absolute Gasteiger partial charge is 1.00 e. The van der Waals surface area contributed by atoms with Gasteiger partial charge in [0.1, 0.15) is 0 Å². The first-order valence-corrected chi connectivity index (χ1v) is 0.500. The second-order valence-electron chi connectivity index (χ2n) is 0. The van der Waals surface area contributed by atoms with Gasteiger partial charge in [0.25, 0.3) is 0 Å². The van der Waals surface area contributed by atoms with Crippen molar-refractivity contribution in [3.8, 4) is 0 Å². The van der Waals surface area contributed by atoms with Crippen molar-refractivity contribution in [3.05, 3.63) is 13.2 Å². The van der Waals surface area contributed by atoms with Crippen LogP contribution in [0.25, 0.3) is 0 Å². The SMILES string of the molecule is C=C.N.N.[Ca+2].[H-].[H-]. The van der Waals surface area contributed by atoms with Gasteiger partial charge >= 0.3 is 37.7 Å². The van der Waals surface area contributed by atoms with Crippen LogP contribution in [0.15, 0.2) is 13.2 Å². The van der Waals surface area contributed by atoms with E-state index in [4.69, 9.17) is 0 Å². The normalized spacial score (nSPS) is 0.800. The van der Waals surface area contributed by atoms with E-state index in [1.165, 1.54) is 0 Å². The molecule has 3 heteroatoms. The molecule has 2 nitrogen and oxygen atoms in total. The molecule has 0 unspecified atom stereocenters. The van der Waals surface area contributed by atoms with E-state index >= 15 is 0 Å². The van der Waals surface area contributed by atoms with Gasteiger partial charge in [-0.3, -0.25) is 0 Å². The molecule has 0 rings (SSSR count). The molecular formula is C2H12CaN2. The summed E-state index contributed by atoms with van der Waals surface area (Å²) in [4.78, 5) is 0. The van der Waals surface area contributed by atoms with Crippen LogP contribution in [0.4, 0.5) is 0 Å². The Balaban J connectivity index is -0.000000000500. The van der Waals surface area contributed by atoms with Gasteiger partial charge in [0.2, 0.25) is 0 Å². The Labute approximate surface area is 65.8 Å². The minimum absolute atomic E-state index is 0. The van der Waals surface area contributed by atoms with E-state index in [1.807, 2.05) is 0 Å². The zero-order valence-electron chi connectivity index (χ0n) is 5.54. The molecule has 0 amide bonds. The van der Waals surface area contributed by atoms with Crippen LogP contribution in [-0.4, -0.2) is 37.7 Å². The van der Waals surface area contributed by atoms with Crippen LogP contribution in [0.3, 0.4) is 0 Å². The second-order valence-corrected chi connectivity index (χ2v) is 0. The third-order valence-electron chi connectivity index (χ3n) is 0. The summed E-state index contributed by atoms with van der Waals surface area (Å²) in [6, 6.07) is 0. The molecule has 0 aromatic rings. The van der Waals surface area contributed by atoms with Gasteiger partial charge in [-0.25, -0.2) is 0 Å². The van der Waals surface area contributed by atoms with Crippen molar-refractivity contribution in [2.75, 3.05) is 0 Å². The first kappa shape index (κ1) is 38.9. The average molecular weight is 104 g/mol. The maximum Gasteiger partial charge on any atom is 2.00 e. The third-order valence-corrected chi connectivity index (χ3v) is 0. The first-order chi connectivity index (χ1) is 1.00. The Kier molecular flexibility index (Phi) is 695. The summed E-state index contributed by atoms with van der Waals surface area (Å²) in [6.45, 7) is 6.00. The minimum Gasteiger partial charge on any atom is -1.00 e. The fraction of sp³-hybridized carbons (Fsp3) is 0. The van der Waals surface area contributed by atoms with E-state index in [9.17, 15) is 0 Å². The van der Waals surface area contributed by atoms with Gasteiger partial charge in [0, 0.05) is 0 Å². The number of rotatable bonds is 0. The topological polar surface area (TPSA) is 70.0 Å². The van der Waals surface area contributed by atoms with E-state index in [0.717, 1.165) is 0 Å². The van der Waals surface area contributed by atoms with Crippen molar-refractivity contribution in [1.82, 2.24) is 12.3 Å². The van der Waals surface area contributed by atoms with Gasteiger partial charge < -0.3 is 15.2 Å². The maximum absolute atomic E-state index is 3.00. The quantitative estimate of drug-likeness (QED) is 0.355. The van der Waals surface area contributed by atoms with Gasteiger partial charge in [-0.15, -0.1) is 13.2 Å². The molecule has 5 heavy (non-hydrogen) atoms. The van der Waals surface area contributed by atoms with Crippen LogP contribution >= 0.6 is 0 Å². The Morgan fingerprint density at radius 2 is 1.00 bits per heavy atom. The Hall–Kier alpha value is 0.920. The van der Waals surface area contributed by atoms with E-state index in [0.29, 0.717) is 0 Å². The zero-order valence-corrected chi connectivity index (χ0v) is 5.74. The van der Waals surface area contributed by atoms with Crippen molar-refractivity contribution in [1.29, 1.82) is 0 Å². The van der Waals surface area contributed by atoms with Crippen LogP contribution in [0.1, 0.15) is 2.85 Å². The summed E-state index contributed by atoms with van der Waals surface area (Å²) >= 11 is 0. The van der Waals surface area contributed by atoms with Crippen molar-refractivity contribution >= 4 is 37.7 Å². The van der Waals surface area contributed by atoms with Crippen LogP contribution in [-0.2, 0) is 0 Å². The molecule has 0 aromatic heterocycles. The van der Waals surface area contributed by atoms with Crippen molar-refractivity contribution in [2.24, 2.45) is 0 Å². The van der Waals surface area contributed by atoms with Crippen LogP contribution in [0, 0.1) is 0 Å². The molecular weight excluding hydrogens is 92.1 g/mol. The molecule has 0 spiro atoms. The molecule has 0 heterocycles. The molecule has 0 bridgehead atoms. The number of hydrogen-bond acceptors (Lipinski definition) is 2. The van der Waals surface area contributed by atoms with Gasteiger partial charge in [-0.1, -0.05) is 0 Å². The molecule has 32 valence electrons. The van der Waals surface area contributed by atoms with E-state index in [-0.39, 0.29) is 52.9 Å². The maximum atomic E-state index is 3.00. The Morgan fingerprint density at radius 3 is 1.00 bits per heavy atom. The molecule has 0 aliphatic carbocycles. The monoisotopic (exact) mass is 104 g/mol. The number of hydrogen-bond donors (Lipinski definition) is 2. The predicted molar refractivity (Wildman–Crippen MR) is 29.3 cm³/mol. The molecule has 0 aliphatic heterocycles. The molecule has 0 atom stereocenters. The van der Waals surface area contributed by atoms with Crippen molar-refractivity contribution in [2.45, 2.75) is 0 Å². The summed E-state index contributed by atoms with van der Waals surface area (Å²) in [5.41, 5.74) is 0. The van der Waals surface area contributed by atoms with Crippen molar-refractivity contribution < 1.29 is 2.85 Å². The zero-order chi connectivity index (χ0) is 2.00. The summed E-state index contributed by atoms with van der Waals surface area (Å²) in [6.07, 6.45) is 0. The molecule has 0 aliphatic rings. The predicted octanol–water partition coefficient (Wildman–Crippen LogP) is 0.970. The molecule has 0 radical (unpaired) electrons. The molecule has 6 N–H and O–H groups in total. The standard InChI is InChI=1S/C2H4.Ca.2H3N.2H/c1-2;;;;;/h1-2H2;;2*1H3;;/q;+2;;;2*-1. The molecule has 0 saturated carbocycles. The van der Waals surface area contributed by atoms with E-state index < -0.39 is 0 Å². The third kappa shape index (κ3) is 49.6. The second kappa shape index (κ2) is 89.4. The summed E-state index contributed by atoms with van der Waals surface area (Å²) in [5.74, 6) is 0. The molecule has 0 aromatic carbocycles. The van der Waals surface area contributed by atoms with Gasteiger partial charge in [0.05, 0.1) is 0 Å².